The van der Waals surface area contributed by atoms with Crippen molar-refractivity contribution in [2.75, 3.05) is 0 Å². The average molecular weight is 263 g/mol. The maximum atomic E-state index is 13.2. The predicted molar refractivity (Wildman–Crippen MR) is 53.8 cm³/mol. The summed E-state index contributed by atoms with van der Waals surface area (Å²) in [4.78, 5) is 0. The van der Waals surface area contributed by atoms with Crippen LogP contribution in [0.3, 0.4) is 0 Å². The lowest BCUT2D eigenvalue weighted by atomic mass is 9.96. The fourth-order valence-corrected chi connectivity index (χ4v) is 1.36. The van der Waals surface area contributed by atoms with Crippen molar-refractivity contribution in [3.05, 3.63) is 46.5 Å². The van der Waals surface area contributed by atoms with Gasteiger partial charge in [-0.3, -0.25) is 0 Å². The van der Waals surface area contributed by atoms with E-state index in [1.54, 1.807) is 0 Å². The van der Waals surface area contributed by atoms with Gasteiger partial charge in [0.2, 0.25) is 0 Å². The molecule has 0 saturated heterocycles. The molecule has 1 aromatic rings. The first-order valence-electron chi connectivity index (χ1n) is 3.89. The van der Waals surface area contributed by atoms with E-state index in [9.17, 15) is 13.9 Å². The van der Waals surface area contributed by atoms with E-state index in [0.29, 0.717) is 0 Å². The topological polar surface area (TPSA) is 20.2 Å². The van der Waals surface area contributed by atoms with Crippen LogP contribution < -0.4 is 0 Å². The van der Waals surface area contributed by atoms with Crippen molar-refractivity contribution in [3.8, 4) is 0 Å². The molecule has 0 bridgehead atoms. The molecule has 4 heteroatoms. The number of aliphatic hydroxyl groups is 1. The average Bonchev–Trinajstić information content (AvgIpc) is 2.11. The van der Waals surface area contributed by atoms with Gasteiger partial charge in [0, 0.05) is 11.6 Å². The van der Waals surface area contributed by atoms with Gasteiger partial charge in [-0.1, -0.05) is 12.7 Å². The second kappa shape index (κ2) is 3.79. The van der Waals surface area contributed by atoms with Crippen LogP contribution in [0.25, 0.3) is 0 Å². The molecule has 0 fully saturated rings. The van der Waals surface area contributed by atoms with Crippen LogP contribution in [-0.4, -0.2) is 5.11 Å². The van der Waals surface area contributed by atoms with E-state index in [1.165, 1.54) is 19.1 Å². The minimum Gasteiger partial charge on any atom is -0.381 e. The summed E-state index contributed by atoms with van der Waals surface area (Å²) in [6, 6.07) is 1.92. The molecule has 1 N–H and O–H groups in total. The summed E-state index contributed by atoms with van der Waals surface area (Å²) >= 11 is 2.91. The number of benzene rings is 1. The van der Waals surface area contributed by atoms with Gasteiger partial charge < -0.3 is 5.11 Å². The third-order valence-corrected chi connectivity index (χ3v) is 2.56. The summed E-state index contributed by atoms with van der Waals surface area (Å²) in [7, 11) is 0. The molecule has 1 rings (SSSR count). The molecule has 1 unspecified atom stereocenters. The smallest absolute Gasteiger partial charge is 0.140 e. The molecule has 1 aromatic carbocycles. The van der Waals surface area contributed by atoms with Gasteiger partial charge in [0.05, 0.1) is 4.47 Å². The second-order valence-electron chi connectivity index (χ2n) is 3.10. The summed E-state index contributed by atoms with van der Waals surface area (Å²) < 4.78 is 26.2. The lowest BCUT2D eigenvalue weighted by molar-refractivity contribution is 0.107. The first-order valence-corrected chi connectivity index (χ1v) is 4.69. The van der Waals surface area contributed by atoms with Crippen LogP contribution in [0.4, 0.5) is 8.78 Å². The van der Waals surface area contributed by atoms with Gasteiger partial charge in [0.25, 0.3) is 0 Å². The maximum Gasteiger partial charge on any atom is 0.140 e. The van der Waals surface area contributed by atoms with Crippen LogP contribution in [0.1, 0.15) is 12.5 Å². The number of rotatable bonds is 2. The van der Waals surface area contributed by atoms with E-state index in [0.717, 1.165) is 6.07 Å². The molecule has 0 aliphatic carbocycles. The Hall–Kier alpha value is -0.740. The van der Waals surface area contributed by atoms with Gasteiger partial charge in [-0.2, -0.15) is 0 Å². The van der Waals surface area contributed by atoms with Gasteiger partial charge in [0.15, 0.2) is 0 Å². The first-order chi connectivity index (χ1) is 6.38. The summed E-state index contributed by atoms with van der Waals surface area (Å²) in [6.07, 6.45) is 1.19. The molecule has 0 amide bonds. The zero-order chi connectivity index (χ0) is 10.9. The van der Waals surface area contributed by atoms with E-state index in [2.05, 4.69) is 22.5 Å². The molecule has 0 heterocycles. The van der Waals surface area contributed by atoms with Crippen molar-refractivity contribution in [1.82, 2.24) is 0 Å². The SMILES string of the molecule is C=CC(C)(O)c1cc(Br)c(F)cc1F. The zero-order valence-corrected chi connectivity index (χ0v) is 9.11. The van der Waals surface area contributed by atoms with Gasteiger partial charge in [0.1, 0.15) is 17.2 Å². The molecular weight excluding hydrogens is 254 g/mol. The summed E-state index contributed by atoms with van der Waals surface area (Å²) in [5.74, 6) is -1.50. The third-order valence-electron chi connectivity index (χ3n) is 1.95. The molecular formula is C10H9BrF2O. The highest BCUT2D eigenvalue weighted by Crippen LogP contribution is 2.28. The Balaban J connectivity index is 3.36. The second-order valence-corrected chi connectivity index (χ2v) is 3.95. The van der Waals surface area contributed by atoms with E-state index in [-0.39, 0.29) is 10.0 Å². The van der Waals surface area contributed by atoms with Crippen molar-refractivity contribution < 1.29 is 13.9 Å². The van der Waals surface area contributed by atoms with Crippen LogP contribution >= 0.6 is 15.9 Å². The van der Waals surface area contributed by atoms with Gasteiger partial charge in [-0.15, -0.1) is 0 Å². The van der Waals surface area contributed by atoms with Gasteiger partial charge >= 0.3 is 0 Å². The fourth-order valence-electron chi connectivity index (χ4n) is 1.02. The van der Waals surface area contributed by atoms with Crippen LogP contribution in [0.5, 0.6) is 0 Å². The van der Waals surface area contributed by atoms with Crippen molar-refractivity contribution in [1.29, 1.82) is 0 Å². The normalized spacial score (nSPS) is 14.9. The number of halogens is 3. The minimum absolute atomic E-state index is 0.0132. The lowest BCUT2D eigenvalue weighted by Gasteiger charge is -2.20. The van der Waals surface area contributed by atoms with E-state index < -0.39 is 17.2 Å². The first kappa shape index (κ1) is 11.3. The molecule has 0 spiro atoms. The molecule has 76 valence electrons. The molecule has 0 aliphatic heterocycles. The molecule has 14 heavy (non-hydrogen) atoms. The fraction of sp³-hybridized carbons (Fsp3) is 0.200. The van der Waals surface area contributed by atoms with Crippen molar-refractivity contribution in [2.45, 2.75) is 12.5 Å². The van der Waals surface area contributed by atoms with Gasteiger partial charge in [-0.05, 0) is 28.9 Å². The Bertz CT molecular complexity index is 375. The van der Waals surface area contributed by atoms with Gasteiger partial charge in [-0.25, -0.2) is 8.78 Å². The molecule has 0 aromatic heterocycles. The van der Waals surface area contributed by atoms with E-state index >= 15 is 0 Å². The standard InChI is InChI=1S/C10H9BrF2O/c1-3-10(2,14)6-4-7(11)9(13)5-8(6)12/h3-5,14H,1H2,2H3. The van der Waals surface area contributed by atoms with E-state index in [1.807, 2.05) is 0 Å². The maximum absolute atomic E-state index is 13.2. The Morgan fingerprint density at radius 1 is 1.43 bits per heavy atom. The highest BCUT2D eigenvalue weighted by atomic mass is 79.9. The monoisotopic (exact) mass is 262 g/mol. The summed E-state index contributed by atoms with van der Waals surface area (Å²) in [5, 5.41) is 9.69. The van der Waals surface area contributed by atoms with Crippen LogP contribution in [0.15, 0.2) is 29.3 Å². The van der Waals surface area contributed by atoms with Crippen LogP contribution in [-0.2, 0) is 5.60 Å². The number of hydrogen-bond acceptors (Lipinski definition) is 1. The molecule has 0 aliphatic rings. The predicted octanol–water partition coefficient (Wildman–Crippen LogP) is 3.12. The van der Waals surface area contributed by atoms with Crippen molar-refractivity contribution >= 4 is 15.9 Å². The lowest BCUT2D eigenvalue weighted by Crippen LogP contribution is -2.19. The van der Waals surface area contributed by atoms with E-state index in [4.69, 9.17) is 0 Å². The molecule has 1 nitrogen and oxygen atoms in total. The summed E-state index contributed by atoms with van der Waals surface area (Å²) in [5.41, 5.74) is -1.51. The third kappa shape index (κ3) is 2.01. The number of hydrogen-bond donors (Lipinski definition) is 1. The van der Waals surface area contributed by atoms with Crippen LogP contribution in [0, 0.1) is 11.6 Å². The van der Waals surface area contributed by atoms with Crippen molar-refractivity contribution in [3.63, 3.8) is 0 Å². The minimum atomic E-state index is -1.50. The Morgan fingerprint density at radius 3 is 2.50 bits per heavy atom. The molecule has 0 radical (unpaired) electrons. The highest BCUT2D eigenvalue weighted by molar-refractivity contribution is 9.10. The Kier molecular flexibility index (Phi) is 3.07. The zero-order valence-electron chi connectivity index (χ0n) is 7.52. The molecule has 1 atom stereocenters. The highest BCUT2D eigenvalue weighted by Gasteiger charge is 2.24. The van der Waals surface area contributed by atoms with Crippen molar-refractivity contribution in [2.24, 2.45) is 0 Å². The Labute approximate surface area is 89.2 Å². The van der Waals surface area contributed by atoms with Crippen LogP contribution in [0.2, 0.25) is 0 Å². The summed E-state index contributed by atoms with van der Waals surface area (Å²) in [6.45, 7) is 4.75. The largest absolute Gasteiger partial charge is 0.381 e. The quantitative estimate of drug-likeness (QED) is 0.642. The molecule has 0 saturated carbocycles. The Morgan fingerprint density at radius 2 is 2.00 bits per heavy atom.